The van der Waals surface area contributed by atoms with Crippen molar-refractivity contribution in [2.75, 3.05) is 13.1 Å². The van der Waals surface area contributed by atoms with Gasteiger partial charge in [-0.1, -0.05) is 39.3 Å². The van der Waals surface area contributed by atoms with Gasteiger partial charge >= 0.3 is 0 Å². The van der Waals surface area contributed by atoms with Crippen molar-refractivity contribution >= 4 is 0 Å². The quantitative estimate of drug-likeness (QED) is 0.610. The Bertz CT molecular complexity index is 624. The summed E-state index contributed by atoms with van der Waals surface area (Å²) in [5.41, 5.74) is 0.294. The first-order valence-corrected chi connectivity index (χ1v) is 12.5. The first kappa shape index (κ1) is 19.6. The van der Waals surface area contributed by atoms with Crippen molar-refractivity contribution < 1.29 is 5.11 Å². The molecular weight excluding hydrogens is 342 g/mol. The Morgan fingerprint density at radius 1 is 0.929 bits per heavy atom. The predicted molar refractivity (Wildman–Crippen MR) is 116 cm³/mol. The van der Waals surface area contributed by atoms with E-state index in [4.69, 9.17) is 0 Å². The smallest absolute Gasteiger partial charge is 0.0734 e. The standard InChI is InChI=1S/C26H43NO/c1-18-15-21-22-5-4-11-24(22,2)12-9-23(21)25(3)13-8-19(16-26(18,25)28)6-7-20-10-14-27-17-20/h6-7,18-23,27-28H,4-5,8-17H2,1-3H3/b7-6-/t18-,19+,20+,21-,22-,23-,24-,25+,26-/m0/s1. The highest BCUT2D eigenvalue weighted by molar-refractivity contribution is 5.16. The minimum absolute atomic E-state index is 0.137. The number of rotatable bonds is 2. The van der Waals surface area contributed by atoms with Crippen LogP contribution in [0.1, 0.15) is 85.0 Å². The zero-order valence-electron chi connectivity index (χ0n) is 18.6. The molecule has 5 rings (SSSR count). The highest BCUT2D eigenvalue weighted by Crippen LogP contribution is 2.68. The molecule has 4 aliphatic carbocycles. The van der Waals surface area contributed by atoms with Gasteiger partial charge in [-0.15, -0.1) is 0 Å². The van der Waals surface area contributed by atoms with Crippen LogP contribution in [-0.2, 0) is 0 Å². The van der Waals surface area contributed by atoms with E-state index in [1.807, 2.05) is 0 Å². The lowest BCUT2D eigenvalue weighted by Gasteiger charge is -2.66. The van der Waals surface area contributed by atoms with Crippen LogP contribution in [0.3, 0.4) is 0 Å². The van der Waals surface area contributed by atoms with E-state index >= 15 is 0 Å². The molecule has 0 spiro atoms. The molecule has 0 amide bonds. The lowest BCUT2D eigenvalue weighted by atomic mass is 9.41. The van der Waals surface area contributed by atoms with Crippen LogP contribution in [0.15, 0.2) is 12.2 Å². The summed E-state index contributed by atoms with van der Waals surface area (Å²) in [6, 6.07) is 0. The molecule has 0 bridgehead atoms. The molecule has 0 aromatic carbocycles. The van der Waals surface area contributed by atoms with Crippen LogP contribution in [-0.4, -0.2) is 23.8 Å². The van der Waals surface area contributed by atoms with Crippen molar-refractivity contribution in [3.63, 3.8) is 0 Å². The molecule has 1 aliphatic heterocycles. The molecule has 0 aromatic rings. The molecule has 1 heterocycles. The molecule has 2 N–H and O–H groups in total. The van der Waals surface area contributed by atoms with E-state index in [1.165, 1.54) is 64.3 Å². The van der Waals surface area contributed by atoms with Crippen molar-refractivity contribution in [2.45, 2.75) is 90.6 Å². The van der Waals surface area contributed by atoms with E-state index < -0.39 is 5.60 Å². The van der Waals surface area contributed by atoms with E-state index in [2.05, 4.69) is 38.2 Å². The first-order valence-electron chi connectivity index (χ1n) is 12.5. The Labute approximate surface area is 172 Å². The maximum Gasteiger partial charge on any atom is 0.0734 e. The summed E-state index contributed by atoms with van der Waals surface area (Å²) in [6.45, 7) is 9.79. The number of nitrogens with one attached hydrogen (secondary N) is 1. The summed E-state index contributed by atoms with van der Waals surface area (Å²) in [5, 5.41) is 15.7. The second-order valence-corrected chi connectivity index (χ2v) is 12.1. The molecule has 1 saturated heterocycles. The number of hydrogen-bond acceptors (Lipinski definition) is 2. The van der Waals surface area contributed by atoms with E-state index in [9.17, 15) is 5.11 Å². The van der Waals surface area contributed by atoms with Crippen LogP contribution < -0.4 is 5.32 Å². The van der Waals surface area contributed by atoms with Gasteiger partial charge in [0.25, 0.3) is 0 Å². The minimum Gasteiger partial charge on any atom is -0.389 e. The average molecular weight is 386 g/mol. The van der Waals surface area contributed by atoms with Crippen LogP contribution in [0.4, 0.5) is 0 Å². The maximum atomic E-state index is 12.2. The molecule has 4 saturated carbocycles. The monoisotopic (exact) mass is 385 g/mol. The molecule has 0 radical (unpaired) electrons. The maximum absolute atomic E-state index is 12.2. The van der Waals surface area contributed by atoms with Gasteiger partial charge in [-0.05, 0) is 111 Å². The molecule has 158 valence electrons. The second kappa shape index (κ2) is 6.84. The van der Waals surface area contributed by atoms with Crippen LogP contribution in [0, 0.1) is 46.3 Å². The molecule has 9 atom stereocenters. The normalized spacial score (nSPS) is 56.4. The van der Waals surface area contributed by atoms with Crippen molar-refractivity contribution in [1.82, 2.24) is 5.32 Å². The number of allylic oxidation sites excluding steroid dienone is 1. The van der Waals surface area contributed by atoms with Gasteiger partial charge in [-0.3, -0.25) is 0 Å². The second-order valence-electron chi connectivity index (χ2n) is 12.1. The molecule has 28 heavy (non-hydrogen) atoms. The lowest BCUT2D eigenvalue weighted by Crippen LogP contribution is -2.65. The van der Waals surface area contributed by atoms with Gasteiger partial charge in [0, 0.05) is 6.54 Å². The van der Waals surface area contributed by atoms with Crippen LogP contribution in [0.5, 0.6) is 0 Å². The molecule has 5 aliphatic rings. The summed E-state index contributed by atoms with van der Waals surface area (Å²) in [6.07, 6.45) is 18.2. The number of hydrogen-bond donors (Lipinski definition) is 2. The van der Waals surface area contributed by atoms with E-state index in [0.29, 0.717) is 17.3 Å². The Morgan fingerprint density at radius 3 is 2.54 bits per heavy atom. The third kappa shape index (κ3) is 2.80. The largest absolute Gasteiger partial charge is 0.389 e. The van der Waals surface area contributed by atoms with E-state index in [0.717, 1.165) is 36.6 Å². The SMILES string of the molecule is C[C@H]1C[C@H]2[C@@H]3CCC[C@@]3(C)CC[C@@H]2[C@@]2(C)CC[C@@H](/C=C\[C@@H]3CCNC3)C[C@]12O. The summed E-state index contributed by atoms with van der Waals surface area (Å²) < 4.78 is 0. The minimum atomic E-state index is -0.457. The summed E-state index contributed by atoms with van der Waals surface area (Å²) in [4.78, 5) is 0. The van der Waals surface area contributed by atoms with Crippen LogP contribution in [0.25, 0.3) is 0 Å². The third-order valence-corrected chi connectivity index (χ3v) is 10.8. The molecule has 5 fully saturated rings. The molecule has 0 aromatic heterocycles. The fourth-order valence-electron chi connectivity index (χ4n) is 9.03. The fraction of sp³-hybridized carbons (Fsp3) is 0.923. The van der Waals surface area contributed by atoms with Gasteiger partial charge in [0.2, 0.25) is 0 Å². The lowest BCUT2D eigenvalue weighted by molar-refractivity contribution is -0.234. The third-order valence-electron chi connectivity index (χ3n) is 10.8. The molecule has 0 unspecified atom stereocenters. The molecular formula is C26H43NO. The molecule has 2 heteroatoms. The van der Waals surface area contributed by atoms with Gasteiger partial charge in [0.05, 0.1) is 5.60 Å². The van der Waals surface area contributed by atoms with Crippen LogP contribution >= 0.6 is 0 Å². The van der Waals surface area contributed by atoms with Crippen molar-refractivity contribution in [3.8, 4) is 0 Å². The average Bonchev–Trinajstić information content (AvgIpc) is 3.31. The van der Waals surface area contributed by atoms with Gasteiger partial charge in [0.15, 0.2) is 0 Å². The Morgan fingerprint density at radius 2 is 1.75 bits per heavy atom. The molecule has 2 nitrogen and oxygen atoms in total. The number of fused-ring (bicyclic) bond motifs is 5. The topological polar surface area (TPSA) is 32.3 Å². The highest BCUT2D eigenvalue weighted by atomic mass is 16.3. The summed E-state index contributed by atoms with van der Waals surface area (Å²) in [7, 11) is 0. The zero-order chi connectivity index (χ0) is 19.6. The van der Waals surface area contributed by atoms with Crippen LogP contribution in [0.2, 0.25) is 0 Å². The van der Waals surface area contributed by atoms with E-state index in [1.54, 1.807) is 0 Å². The first-order chi connectivity index (χ1) is 13.4. The fourth-order valence-corrected chi connectivity index (χ4v) is 9.03. The zero-order valence-corrected chi connectivity index (χ0v) is 18.6. The van der Waals surface area contributed by atoms with Gasteiger partial charge in [-0.25, -0.2) is 0 Å². The van der Waals surface area contributed by atoms with Crippen molar-refractivity contribution in [3.05, 3.63) is 12.2 Å². The predicted octanol–water partition coefficient (Wildman–Crippen LogP) is 5.56. The summed E-state index contributed by atoms with van der Waals surface area (Å²) >= 11 is 0. The van der Waals surface area contributed by atoms with Crippen molar-refractivity contribution in [1.29, 1.82) is 0 Å². The summed E-state index contributed by atoms with van der Waals surface area (Å²) in [5.74, 6) is 4.31. The van der Waals surface area contributed by atoms with E-state index in [-0.39, 0.29) is 5.41 Å². The number of aliphatic hydroxyl groups is 1. The Balaban J connectivity index is 1.37. The Hall–Kier alpha value is -0.340. The Kier molecular flexibility index (Phi) is 4.79. The van der Waals surface area contributed by atoms with Gasteiger partial charge in [-0.2, -0.15) is 0 Å². The van der Waals surface area contributed by atoms with Crippen molar-refractivity contribution in [2.24, 2.45) is 46.3 Å². The highest BCUT2D eigenvalue weighted by Gasteiger charge is 2.65. The van der Waals surface area contributed by atoms with Gasteiger partial charge in [0.1, 0.15) is 0 Å². The van der Waals surface area contributed by atoms with Gasteiger partial charge < -0.3 is 10.4 Å².